The van der Waals surface area contributed by atoms with Crippen LogP contribution in [0.2, 0.25) is 0 Å². The first-order valence-corrected chi connectivity index (χ1v) is 7.01. The van der Waals surface area contributed by atoms with E-state index in [1.54, 1.807) is 6.07 Å². The average Bonchev–Trinajstić information content (AvgIpc) is 2.82. The van der Waals surface area contributed by atoms with Crippen molar-refractivity contribution in [3.63, 3.8) is 0 Å². The van der Waals surface area contributed by atoms with Crippen LogP contribution in [0, 0.1) is 6.92 Å². The normalized spacial score (nSPS) is 15.3. The number of rotatable bonds is 2. The van der Waals surface area contributed by atoms with Crippen LogP contribution in [0.5, 0.6) is 0 Å². The van der Waals surface area contributed by atoms with E-state index in [0.29, 0.717) is 27.4 Å². The van der Waals surface area contributed by atoms with Gasteiger partial charge in [0.25, 0.3) is 5.91 Å². The minimum absolute atomic E-state index is 0.112. The van der Waals surface area contributed by atoms with Crippen molar-refractivity contribution >= 4 is 39.8 Å². The van der Waals surface area contributed by atoms with Crippen molar-refractivity contribution in [2.45, 2.75) is 6.92 Å². The lowest BCUT2D eigenvalue weighted by molar-refractivity contribution is -0.110. The summed E-state index contributed by atoms with van der Waals surface area (Å²) >= 11 is 6.39. The predicted octanol–water partition coefficient (Wildman–Crippen LogP) is 3.75. The van der Waals surface area contributed by atoms with Gasteiger partial charge in [0.05, 0.1) is 16.2 Å². The monoisotopic (exact) mass is 313 g/mol. The minimum atomic E-state index is -1.05. The van der Waals surface area contributed by atoms with Crippen molar-refractivity contribution < 1.29 is 14.7 Å². The molecule has 2 aromatic rings. The Morgan fingerprint density at radius 1 is 1.09 bits per heavy atom. The third-order valence-corrected chi connectivity index (χ3v) is 3.94. The molecule has 5 heteroatoms. The number of carboxylic acids is 1. The van der Waals surface area contributed by atoms with E-state index in [2.05, 4.69) is 5.32 Å². The van der Waals surface area contributed by atoms with E-state index in [1.165, 1.54) is 12.1 Å². The third-order valence-electron chi connectivity index (χ3n) is 3.54. The number of benzene rings is 2. The number of amides is 1. The molecule has 2 aromatic carbocycles. The van der Waals surface area contributed by atoms with Crippen LogP contribution in [0.25, 0.3) is 10.6 Å². The van der Waals surface area contributed by atoms with Crippen molar-refractivity contribution in [3.05, 3.63) is 64.7 Å². The lowest BCUT2D eigenvalue weighted by Crippen LogP contribution is -2.04. The summed E-state index contributed by atoms with van der Waals surface area (Å²) in [6.45, 7) is 1.96. The van der Waals surface area contributed by atoms with Gasteiger partial charge < -0.3 is 10.4 Å². The number of fused-ring (bicyclic) bond motifs is 1. The number of aryl methyl sites for hydroxylation is 1. The Balaban J connectivity index is 2.18. The van der Waals surface area contributed by atoms with Gasteiger partial charge in [-0.05, 0) is 30.7 Å². The zero-order valence-electron chi connectivity index (χ0n) is 11.7. The van der Waals surface area contributed by atoms with Crippen LogP contribution in [0.15, 0.2) is 42.5 Å². The molecule has 4 nitrogen and oxygen atoms in total. The number of halogens is 1. The predicted molar refractivity (Wildman–Crippen MR) is 85.9 cm³/mol. The highest BCUT2D eigenvalue weighted by Gasteiger charge is 2.28. The summed E-state index contributed by atoms with van der Waals surface area (Å²) in [6, 6.07) is 11.9. The van der Waals surface area contributed by atoms with Crippen LogP contribution in [-0.2, 0) is 4.79 Å². The summed E-state index contributed by atoms with van der Waals surface area (Å²) in [6.07, 6.45) is 0. The number of carbonyl (C=O) groups excluding carboxylic acids is 1. The van der Waals surface area contributed by atoms with Gasteiger partial charge in [0.1, 0.15) is 0 Å². The molecule has 1 aliphatic rings. The zero-order chi connectivity index (χ0) is 15.9. The van der Waals surface area contributed by atoms with Gasteiger partial charge in [-0.2, -0.15) is 0 Å². The van der Waals surface area contributed by atoms with Crippen LogP contribution in [0.4, 0.5) is 5.69 Å². The van der Waals surface area contributed by atoms with E-state index in [9.17, 15) is 9.59 Å². The number of hydrogen-bond acceptors (Lipinski definition) is 2. The Morgan fingerprint density at radius 2 is 1.73 bits per heavy atom. The molecule has 0 unspecified atom stereocenters. The number of anilines is 1. The highest BCUT2D eigenvalue weighted by atomic mass is 35.5. The molecule has 110 valence electrons. The lowest BCUT2D eigenvalue weighted by Gasteiger charge is -2.05. The molecule has 0 saturated carbocycles. The largest absolute Gasteiger partial charge is 0.478 e. The second-order valence-electron chi connectivity index (χ2n) is 5.07. The van der Waals surface area contributed by atoms with E-state index < -0.39 is 5.97 Å². The average molecular weight is 314 g/mol. The van der Waals surface area contributed by atoms with Gasteiger partial charge in [-0.15, -0.1) is 0 Å². The first-order chi connectivity index (χ1) is 10.5. The molecule has 22 heavy (non-hydrogen) atoms. The summed E-state index contributed by atoms with van der Waals surface area (Å²) in [4.78, 5) is 23.3. The van der Waals surface area contributed by atoms with Crippen molar-refractivity contribution in [1.29, 1.82) is 0 Å². The van der Waals surface area contributed by atoms with Crippen molar-refractivity contribution in [1.82, 2.24) is 0 Å². The maximum atomic E-state index is 12.2. The fourth-order valence-electron chi connectivity index (χ4n) is 2.36. The molecule has 3 rings (SSSR count). The Kier molecular flexibility index (Phi) is 3.47. The van der Waals surface area contributed by atoms with E-state index in [4.69, 9.17) is 16.7 Å². The molecule has 1 amide bonds. The Bertz CT molecular complexity index is 822. The van der Waals surface area contributed by atoms with E-state index >= 15 is 0 Å². The lowest BCUT2D eigenvalue weighted by atomic mass is 10.0. The SMILES string of the molecule is Cc1ccc(C(Cl)=C2C(=O)Nc3ccc(C(=O)O)cc32)cc1. The molecule has 0 atom stereocenters. The smallest absolute Gasteiger partial charge is 0.335 e. The Labute approximate surface area is 132 Å². The summed E-state index contributed by atoms with van der Waals surface area (Å²) in [5, 5.41) is 12.1. The number of carboxylic acid groups (broad SMARTS) is 1. The minimum Gasteiger partial charge on any atom is -0.478 e. The van der Waals surface area contributed by atoms with Crippen molar-refractivity contribution in [3.8, 4) is 0 Å². The molecule has 0 aromatic heterocycles. The van der Waals surface area contributed by atoms with Gasteiger partial charge in [0.2, 0.25) is 0 Å². The summed E-state index contributed by atoms with van der Waals surface area (Å²) in [7, 11) is 0. The first kappa shape index (κ1) is 14.4. The van der Waals surface area contributed by atoms with Crippen LogP contribution in [0.1, 0.15) is 27.0 Å². The summed E-state index contributed by atoms with van der Waals surface area (Å²) < 4.78 is 0. The van der Waals surface area contributed by atoms with Crippen LogP contribution in [-0.4, -0.2) is 17.0 Å². The fraction of sp³-hybridized carbons (Fsp3) is 0.0588. The second-order valence-corrected chi connectivity index (χ2v) is 5.45. The molecule has 2 N–H and O–H groups in total. The molecule has 0 radical (unpaired) electrons. The van der Waals surface area contributed by atoms with Crippen molar-refractivity contribution in [2.24, 2.45) is 0 Å². The van der Waals surface area contributed by atoms with E-state index in [0.717, 1.165) is 5.56 Å². The van der Waals surface area contributed by atoms with Crippen LogP contribution in [0.3, 0.4) is 0 Å². The third kappa shape index (κ3) is 2.38. The Hall–Kier alpha value is -2.59. The maximum Gasteiger partial charge on any atom is 0.335 e. The highest BCUT2D eigenvalue weighted by molar-refractivity contribution is 6.59. The molecule has 0 aliphatic carbocycles. The molecule has 0 saturated heterocycles. The van der Waals surface area contributed by atoms with Gasteiger partial charge in [0, 0.05) is 11.3 Å². The number of carbonyl (C=O) groups is 2. The molecule has 1 heterocycles. The van der Waals surface area contributed by atoms with E-state index in [-0.39, 0.29) is 11.5 Å². The molecule has 0 fully saturated rings. The fourth-order valence-corrected chi connectivity index (χ4v) is 2.68. The maximum absolute atomic E-state index is 12.2. The Morgan fingerprint density at radius 3 is 2.36 bits per heavy atom. The topological polar surface area (TPSA) is 66.4 Å². The number of nitrogens with one attached hydrogen (secondary N) is 1. The molecule has 1 aliphatic heterocycles. The highest BCUT2D eigenvalue weighted by Crippen LogP contribution is 2.39. The van der Waals surface area contributed by atoms with Crippen molar-refractivity contribution in [2.75, 3.05) is 5.32 Å². The van der Waals surface area contributed by atoms with Crippen LogP contribution < -0.4 is 5.32 Å². The van der Waals surface area contributed by atoms with Gasteiger partial charge in [-0.1, -0.05) is 41.4 Å². The quantitative estimate of drug-likeness (QED) is 0.830. The molecular weight excluding hydrogens is 302 g/mol. The van der Waals surface area contributed by atoms with E-state index in [1.807, 2.05) is 31.2 Å². The molecule has 0 bridgehead atoms. The summed E-state index contributed by atoms with van der Waals surface area (Å²) in [5.41, 5.74) is 3.28. The first-order valence-electron chi connectivity index (χ1n) is 6.63. The molecule has 0 spiro atoms. The zero-order valence-corrected chi connectivity index (χ0v) is 12.4. The molecular formula is C17H12ClNO3. The van der Waals surface area contributed by atoms with Gasteiger partial charge in [-0.25, -0.2) is 4.79 Å². The second kappa shape index (κ2) is 5.31. The van der Waals surface area contributed by atoms with Gasteiger partial charge in [-0.3, -0.25) is 4.79 Å². The number of aromatic carboxylic acids is 1. The van der Waals surface area contributed by atoms with Gasteiger partial charge >= 0.3 is 5.97 Å². The standard InChI is InChI=1S/C17H12ClNO3/c1-9-2-4-10(5-3-9)15(18)14-12-8-11(17(21)22)6-7-13(12)19-16(14)20/h2-8H,1H3,(H,19,20)(H,21,22). The number of hydrogen-bond donors (Lipinski definition) is 2. The van der Waals surface area contributed by atoms with Gasteiger partial charge in [0.15, 0.2) is 0 Å². The van der Waals surface area contributed by atoms with Crippen LogP contribution >= 0.6 is 11.6 Å². The summed E-state index contributed by atoms with van der Waals surface area (Å²) in [5.74, 6) is -1.38.